The Balaban J connectivity index is 2.19. The molecule has 0 saturated carbocycles. The van der Waals surface area contributed by atoms with E-state index in [1.807, 2.05) is 0 Å². The Morgan fingerprint density at radius 1 is 0.850 bits per heavy atom. The number of benzene rings is 2. The lowest BCUT2D eigenvalue weighted by molar-refractivity contribution is 0.141. The van der Waals surface area contributed by atoms with Gasteiger partial charge in [0.2, 0.25) is 0 Å². The summed E-state index contributed by atoms with van der Waals surface area (Å²) in [6, 6.07) is 22.6. The maximum absolute atomic E-state index is 2.59. The van der Waals surface area contributed by atoms with Crippen LogP contribution in [0.3, 0.4) is 0 Å². The molecule has 0 amide bonds. The fourth-order valence-electron chi connectivity index (χ4n) is 2.63. The van der Waals surface area contributed by atoms with E-state index in [9.17, 15) is 0 Å². The Labute approximate surface area is 123 Å². The highest BCUT2D eigenvalue weighted by Gasteiger charge is 2.20. The molecule has 1 heteroatoms. The normalized spacial score (nSPS) is 14.2. The topological polar surface area (TPSA) is 3.24 Å². The summed E-state index contributed by atoms with van der Waals surface area (Å²) < 4.78 is 0. The van der Waals surface area contributed by atoms with Crippen molar-refractivity contribution in [3.8, 4) is 0 Å². The van der Waals surface area contributed by atoms with Gasteiger partial charge in [-0.1, -0.05) is 67.6 Å². The van der Waals surface area contributed by atoms with E-state index >= 15 is 0 Å². The number of rotatable bonds is 6. The maximum atomic E-state index is 2.59. The van der Waals surface area contributed by atoms with E-state index in [-0.39, 0.29) is 0 Å². The fraction of sp³-hybridized carbons (Fsp3) is 0.368. The largest absolute Gasteiger partial charge is 0.290 e. The van der Waals surface area contributed by atoms with Crippen molar-refractivity contribution in [3.05, 3.63) is 71.8 Å². The van der Waals surface area contributed by atoms with E-state index in [2.05, 4.69) is 86.3 Å². The molecule has 0 N–H and O–H groups in total. The summed E-state index contributed by atoms with van der Waals surface area (Å²) in [5.41, 5.74) is 2.78. The van der Waals surface area contributed by atoms with Crippen LogP contribution in [0.1, 0.15) is 44.4 Å². The van der Waals surface area contributed by atoms with E-state index in [0.29, 0.717) is 12.1 Å². The molecule has 2 aromatic rings. The van der Waals surface area contributed by atoms with Gasteiger partial charge >= 0.3 is 0 Å². The second kappa shape index (κ2) is 7.25. The summed E-state index contributed by atoms with van der Waals surface area (Å²) in [4.78, 5) is 2.59. The minimum absolute atomic E-state index is 0.436. The van der Waals surface area contributed by atoms with Gasteiger partial charge in [-0.3, -0.25) is 4.90 Å². The molecule has 0 aromatic heterocycles. The van der Waals surface area contributed by atoms with Gasteiger partial charge in [0.05, 0.1) is 0 Å². The van der Waals surface area contributed by atoms with E-state index < -0.39 is 0 Å². The predicted octanol–water partition coefficient (Wildman–Crippen LogP) is 5.05. The molecule has 0 fully saturated rings. The van der Waals surface area contributed by atoms with E-state index in [4.69, 9.17) is 0 Å². The molecule has 2 aromatic carbocycles. The minimum atomic E-state index is 0.436. The van der Waals surface area contributed by atoms with Crippen molar-refractivity contribution in [1.82, 2.24) is 4.90 Å². The molecular formula is C19H25N. The van der Waals surface area contributed by atoms with Crippen molar-refractivity contribution in [2.45, 2.75) is 45.8 Å². The molecule has 1 nitrogen and oxygen atoms in total. The average molecular weight is 267 g/mol. The van der Waals surface area contributed by atoms with Crippen LogP contribution in [0.15, 0.2) is 60.7 Å². The summed E-state index contributed by atoms with van der Waals surface area (Å²) >= 11 is 0. The third kappa shape index (κ3) is 3.71. The van der Waals surface area contributed by atoms with Gasteiger partial charge in [0.25, 0.3) is 0 Å². The van der Waals surface area contributed by atoms with Gasteiger partial charge in [-0.05, 0) is 31.4 Å². The van der Waals surface area contributed by atoms with Crippen LogP contribution in [0.5, 0.6) is 0 Å². The van der Waals surface area contributed by atoms with Crippen LogP contribution in [0.2, 0.25) is 0 Å². The number of hydrogen-bond donors (Lipinski definition) is 0. The first-order chi connectivity index (χ1) is 9.72. The Bertz CT molecular complexity index is 492. The van der Waals surface area contributed by atoms with Crippen LogP contribution in [-0.4, -0.2) is 10.9 Å². The first kappa shape index (κ1) is 14.8. The standard InChI is InChI=1S/C19H25N/c1-4-16(2)20(15-18-11-7-5-8-12-18)17(3)19-13-9-6-10-14-19/h5-14,16-17H,4,15H2,1-3H3/t16-,17-/m0/s1. The number of hydrogen-bond acceptors (Lipinski definition) is 1. The SMILES string of the molecule is CC[C@H](C)N(Cc1ccccc1)[C@@H](C)c1ccccc1. The molecule has 0 aliphatic rings. The third-order valence-corrected chi connectivity index (χ3v) is 4.14. The smallest absolute Gasteiger partial charge is 0.0326 e. The van der Waals surface area contributed by atoms with E-state index in [0.717, 1.165) is 6.54 Å². The van der Waals surface area contributed by atoms with Gasteiger partial charge in [0.1, 0.15) is 0 Å². The van der Waals surface area contributed by atoms with E-state index in [1.165, 1.54) is 17.5 Å². The summed E-state index contributed by atoms with van der Waals surface area (Å²) in [5, 5.41) is 0. The van der Waals surface area contributed by atoms with Gasteiger partial charge in [0, 0.05) is 18.6 Å². The first-order valence-electron chi connectivity index (χ1n) is 7.57. The van der Waals surface area contributed by atoms with Crippen molar-refractivity contribution in [3.63, 3.8) is 0 Å². The first-order valence-corrected chi connectivity index (χ1v) is 7.57. The predicted molar refractivity (Wildman–Crippen MR) is 86.6 cm³/mol. The van der Waals surface area contributed by atoms with Gasteiger partial charge in [0.15, 0.2) is 0 Å². The van der Waals surface area contributed by atoms with Crippen LogP contribution >= 0.6 is 0 Å². The Morgan fingerprint density at radius 2 is 1.40 bits per heavy atom. The lowest BCUT2D eigenvalue weighted by atomic mass is 10.0. The second-order valence-electron chi connectivity index (χ2n) is 5.50. The number of nitrogens with zero attached hydrogens (tertiary/aromatic N) is 1. The van der Waals surface area contributed by atoms with Crippen molar-refractivity contribution in [1.29, 1.82) is 0 Å². The van der Waals surface area contributed by atoms with Crippen LogP contribution < -0.4 is 0 Å². The summed E-state index contributed by atoms with van der Waals surface area (Å²) in [5.74, 6) is 0. The minimum Gasteiger partial charge on any atom is -0.290 e. The zero-order valence-corrected chi connectivity index (χ0v) is 12.8. The van der Waals surface area contributed by atoms with Crippen LogP contribution in [-0.2, 0) is 6.54 Å². The average Bonchev–Trinajstić information content (AvgIpc) is 2.53. The van der Waals surface area contributed by atoms with Crippen LogP contribution in [0, 0.1) is 0 Å². The van der Waals surface area contributed by atoms with Gasteiger partial charge in [-0.15, -0.1) is 0 Å². The molecular weight excluding hydrogens is 242 g/mol. The zero-order valence-electron chi connectivity index (χ0n) is 12.8. The highest BCUT2D eigenvalue weighted by Crippen LogP contribution is 2.25. The zero-order chi connectivity index (χ0) is 14.4. The quantitative estimate of drug-likeness (QED) is 0.708. The molecule has 0 saturated heterocycles. The van der Waals surface area contributed by atoms with Crippen LogP contribution in [0.25, 0.3) is 0 Å². The molecule has 0 aliphatic heterocycles. The molecule has 20 heavy (non-hydrogen) atoms. The third-order valence-electron chi connectivity index (χ3n) is 4.14. The Hall–Kier alpha value is -1.60. The van der Waals surface area contributed by atoms with Gasteiger partial charge in [-0.25, -0.2) is 0 Å². The van der Waals surface area contributed by atoms with Crippen molar-refractivity contribution >= 4 is 0 Å². The lowest BCUT2D eigenvalue weighted by Gasteiger charge is -2.34. The van der Waals surface area contributed by atoms with Crippen LogP contribution in [0.4, 0.5) is 0 Å². The lowest BCUT2D eigenvalue weighted by Crippen LogP contribution is -2.34. The van der Waals surface area contributed by atoms with Crippen molar-refractivity contribution < 1.29 is 0 Å². The van der Waals surface area contributed by atoms with Crippen molar-refractivity contribution in [2.75, 3.05) is 0 Å². The van der Waals surface area contributed by atoms with Crippen molar-refractivity contribution in [2.24, 2.45) is 0 Å². The molecule has 0 spiro atoms. The molecule has 0 heterocycles. The summed E-state index contributed by atoms with van der Waals surface area (Å²) in [6.45, 7) is 7.90. The molecule has 0 aliphatic carbocycles. The van der Waals surface area contributed by atoms with Gasteiger partial charge < -0.3 is 0 Å². The Kier molecular flexibility index (Phi) is 5.37. The molecule has 106 valence electrons. The Morgan fingerprint density at radius 3 is 1.95 bits per heavy atom. The molecule has 2 rings (SSSR count). The molecule has 0 bridgehead atoms. The second-order valence-corrected chi connectivity index (χ2v) is 5.50. The summed E-state index contributed by atoms with van der Waals surface area (Å²) in [6.07, 6.45) is 1.17. The van der Waals surface area contributed by atoms with E-state index in [1.54, 1.807) is 0 Å². The van der Waals surface area contributed by atoms with Gasteiger partial charge in [-0.2, -0.15) is 0 Å². The maximum Gasteiger partial charge on any atom is 0.0326 e. The molecule has 0 unspecified atom stereocenters. The molecule has 0 radical (unpaired) electrons. The highest BCUT2D eigenvalue weighted by molar-refractivity contribution is 5.20. The monoisotopic (exact) mass is 267 g/mol. The highest BCUT2D eigenvalue weighted by atomic mass is 15.2. The molecule has 2 atom stereocenters. The summed E-state index contributed by atoms with van der Waals surface area (Å²) in [7, 11) is 0. The fourth-order valence-corrected chi connectivity index (χ4v) is 2.63.